The zero-order valence-electron chi connectivity index (χ0n) is 12.6. The van der Waals surface area contributed by atoms with Gasteiger partial charge >= 0.3 is 12.0 Å². The summed E-state index contributed by atoms with van der Waals surface area (Å²) in [5, 5.41) is 2.57. The average Bonchev–Trinajstić information content (AvgIpc) is 2.47. The molecular formula is C15H23N3O3. The predicted octanol–water partition coefficient (Wildman–Crippen LogP) is 1.75. The van der Waals surface area contributed by atoms with Gasteiger partial charge in [-0.15, -0.1) is 0 Å². The van der Waals surface area contributed by atoms with Crippen molar-refractivity contribution in [2.75, 3.05) is 25.4 Å². The molecule has 0 aliphatic carbocycles. The number of carbonyl (C=O) groups is 2. The van der Waals surface area contributed by atoms with Crippen LogP contribution >= 0.6 is 0 Å². The van der Waals surface area contributed by atoms with E-state index in [-0.39, 0.29) is 12.6 Å². The number of anilines is 1. The van der Waals surface area contributed by atoms with Crippen LogP contribution in [0.5, 0.6) is 0 Å². The predicted molar refractivity (Wildman–Crippen MR) is 81.6 cm³/mol. The van der Waals surface area contributed by atoms with E-state index in [4.69, 9.17) is 10.5 Å². The molecule has 1 rings (SSSR count). The number of rotatable bonds is 7. The summed E-state index contributed by atoms with van der Waals surface area (Å²) < 4.78 is 4.78. The average molecular weight is 293 g/mol. The molecular weight excluding hydrogens is 270 g/mol. The summed E-state index contributed by atoms with van der Waals surface area (Å²) in [6, 6.07) is 7.10. The van der Waals surface area contributed by atoms with Gasteiger partial charge in [0.05, 0.1) is 6.61 Å². The molecule has 0 aliphatic rings. The lowest BCUT2D eigenvalue weighted by atomic mass is 10.2. The number of benzene rings is 1. The normalized spacial score (nSPS) is 10.0. The van der Waals surface area contributed by atoms with E-state index in [1.807, 2.05) is 19.1 Å². The number of ether oxygens (including phenoxy) is 1. The smallest absolute Gasteiger partial charge is 0.325 e. The fourth-order valence-corrected chi connectivity index (χ4v) is 1.84. The molecule has 1 aromatic carbocycles. The van der Waals surface area contributed by atoms with Crippen LogP contribution < -0.4 is 11.1 Å². The lowest BCUT2D eigenvalue weighted by molar-refractivity contribution is -0.141. The number of amides is 2. The number of nitrogens with zero attached hydrogens (tertiary/aromatic N) is 1. The Morgan fingerprint density at radius 2 is 1.90 bits per heavy atom. The molecule has 1 aromatic rings. The Balaban J connectivity index is 2.57. The Morgan fingerprint density at radius 3 is 2.48 bits per heavy atom. The molecule has 0 heterocycles. The third-order valence-corrected chi connectivity index (χ3v) is 2.82. The number of esters is 1. The molecule has 0 aliphatic heterocycles. The van der Waals surface area contributed by atoms with Gasteiger partial charge < -0.3 is 20.7 Å². The lowest BCUT2D eigenvalue weighted by Crippen LogP contribution is -2.42. The van der Waals surface area contributed by atoms with E-state index in [0.29, 0.717) is 25.4 Å². The van der Waals surface area contributed by atoms with Crippen molar-refractivity contribution in [3.8, 4) is 0 Å². The second-order valence-corrected chi connectivity index (χ2v) is 4.63. The number of urea groups is 1. The van der Waals surface area contributed by atoms with E-state index < -0.39 is 5.97 Å². The quantitative estimate of drug-likeness (QED) is 0.592. The van der Waals surface area contributed by atoms with Gasteiger partial charge in [0.15, 0.2) is 0 Å². The molecule has 0 radical (unpaired) electrons. The van der Waals surface area contributed by atoms with Crippen LogP contribution in [0.1, 0.15) is 25.8 Å². The first-order chi connectivity index (χ1) is 10.1. The van der Waals surface area contributed by atoms with Crippen LogP contribution in [0.25, 0.3) is 0 Å². The van der Waals surface area contributed by atoms with E-state index >= 15 is 0 Å². The van der Waals surface area contributed by atoms with E-state index in [9.17, 15) is 9.59 Å². The Hall–Kier alpha value is -2.24. The minimum atomic E-state index is -0.435. The first kappa shape index (κ1) is 16.8. The highest BCUT2D eigenvalue weighted by atomic mass is 16.5. The molecule has 6 nitrogen and oxygen atoms in total. The van der Waals surface area contributed by atoms with Gasteiger partial charge in [-0.05, 0) is 31.0 Å². The summed E-state index contributed by atoms with van der Waals surface area (Å²) in [4.78, 5) is 25.0. The number of hydrogen-bond acceptors (Lipinski definition) is 4. The number of nitrogen functional groups attached to an aromatic ring is 1. The number of nitrogens with two attached hydrogens (primary N) is 1. The molecule has 0 atom stereocenters. The topological polar surface area (TPSA) is 84.7 Å². The summed E-state index contributed by atoms with van der Waals surface area (Å²) in [5.74, 6) is -0.435. The maximum atomic E-state index is 12.1. The van der Waals surface area contributed by atoms with E-state index in [1.165, 1.54) is 0 Å². The van der Waals surface area contributed by atoms with Crippen LogP contribution in [0.15, 0.2) is 24.3 Å². The molecule has 0 spiro atoms. The monoisotopic (exact) mass is 293 g/mol. The third kappa shape index (κ3) is 6.16. The zero-order chi connectivity index (χ0) is 15.7. The second kappa shape index (κ2) is 8.84. The van der Waals surface area contributed by atoms with E-state index in [0.717, 1.165) is 12.0 Å². The highest BCUT2D eigenvalue weighted by molar-refractivity contribution is 5.80. The molecule has 0 saturated heterocycles. The molecule has 0 bridgehead atoms. The van der Waals surface area contributed by atoms with Gasteiger partial charge in [-0.2, -0.15) is 0 Å². The van der Waals surface area contributed by atoms with Gasteiger partial charge in [-0.3, -0.25) is 4.79 Å². The summed E-state index contributed by atoms with van der Waals surface area (Å²) >= 11 is 0. The van der Waals surface area contributed by atoms with Crippen molar-refractivity contribution >= 4 is 17.7 Å². The van der Waals surface area contributed by atoms with Gasteiger partial charge in [0.25, 0.3) is 0 Å². The Labute approximate surface area is 125 Å². The number of hydrogen-bond donors (Lipinski definition) is 2. The lowest BCUT2D eigenvalue weighted by Gasteiger charge is -2.22. The first-order valence-electron chi connectivity index (χ1n) is 7.09. The summed E-state index contributed by atoms with van der Waals surface area (Å²) in [7, 11) is 0. The van der Waals surface area contributed by atoms with Crippen molar-refractivity contribution in [3.63, 3.8) is 0 Å². The zero-order valence-corrected chi connectivity index (χ0v) is 12.6. The van der Waals surface area contributed by atoms with Crippen LogP contribution in [-0.4, -0.2) is 36.6 Å². The standard InChI is InChI=1S/C15H23N3O3/c1-3-9-18(11-12-5-7-13(16)8-6-12)15(20)17-10-14(19)21-4-2/h5-8H,3-4,9-11,16H2,1-2H3,(H,17,20). The molecule has 0 aromatic heterocycles. The van der Waals surface area contributed by atoms with Gasteiger partial charge in [-0.1, -0.05) is 19.1 Å². The third-order valence-electron chi connectivity index (χ3n) is 2.82. The SMILES string of the molecule is CCCN(Cc1ccc(N)cc1)C(=O)NCC(=O)OCC. The second-order valence-electron chi connectivity index (χ2n) is 4.63. The van der Waals surface area contributed by atoms with E-state index in [1.54, 1.807) is 24.0 Å². The van der Waals surface area contributed by atoms with Crippen molar-refractivity contribution in [2.24, 2.45) is 0 Å². The van der Waals surface area contributed by atoms with Gasteiger partial charge in [0.1, 0.15) is 6.54 Å². The van der Waals surface area contributed by atoms with Crippen molar-refractivity contribution in [1.82, 2.24) is 10.2 Å². The summed E-state index contributed by atoms with van der Waals surface area (Å²) in [6.45, 7) is 4.99. The summed E-state index contributed by atoms with van der Waals surface area (Å²) in [5.41, 5.74) is 7.32. The summed E-state index contributed by atoms with van der Waals surface area (Å²) in [6.07, 6.45) is 0.835. The molecule has 116 valence electrons. The molecule has 6 heteroatoms. The minimum Gasteiger partial charge on any atom is -0.465 e. The van der Waals surface area contributed by atoms with Crippen LogP contribution in [0.3, 0.4) is 0 Å². The Kier molecular flexibility index (Phi) is 7.08. The van der Waals surface area contributed by atoms with Gasteiger partial charge in [0, 0.05) is 18.8 Å². The molecule has 0 fully saturated rings. The highest BCUT2D eigenvalue weighted by Gasteiger charge is 2.14. The van der Waals surface area contributed by atoms with Gasteiger partial charge in [-0.25, -0.2) is 4.79 Å². The maximum Gasteiger partial charge on any atom is 0.325 e. The first-order valence-corrected chi connectivity index (χ1v) is 7.09. The molecule has 2 amide bonds. The Bertz CT molecular complexity index is 460. The van der Waals surface area contributed by atoms with E-state index in [2.05, 4.69) is 5.32 Å². The number of nitrogens with one attached hydrogen (secondary N) is 1. The number of carbonyl (C=O) groups excluding carboxylic acids is 2. The van der Waals surface area contributed by atoms with Crippen LogP contribution in [0.2, 0.25) is 0 Å². The van der Waals surface area contributed by atoms with Crippen LogP contribution in [-0.2, 0) is 16.1 Å². The van der Waals surface area contributed by atoms with Crippen LogP contribution in [0.4, 0.5) is 10.5 Å². The van der Waals surface area contributed by atoms with Gasteiger partial charge in [0.2, 0.25) is 0 Å². The highest BCUT2D eigenvalue weighted by Crippen LogP contribution is 2.09. The van der Waals surface area contributed by atoms with Crippen molar-refractivity contribution < 1.29 is 14.3 Å². The fraction of sp³-hybridized carbons (Fsp3) is 0.467. The van der Waals surface area contributed by atoms with Crippen molar-refractivity contribution in [2.45, 2.75) is 26.8 Å². The van der Waals surface area contributed by atoms with Crippen molar-refractivity contribution in [3.05, 3.63) is 29.8 Å². The largest absolute Gasteiger partial charge is 0.465 e. The minimum absolute atomic E-state index is 0.116. The Morgan fingerprint density at radius 1 is 1.24 bits per heavy atom. The molecule has 3 N–H and O–H groups in total. The fourth-order valence-electron chi connectivity index (χ4n) is 1.84. The molecule has 0 saturated carbocycles. The van der Waals surface area contributed by atoms with Crippen molar-refractivity contribution in [1.29, 1.82) is 0 Å². The molecule has 0 unspecified atom stereocenters. The van der Waals surface area contributed by atoms with Crippen LogP contribution in [0, 0.1) is 0 Å². The molecule has 21 heavy (non-hydrogen) atoms. The maximum absolute atomic E-state index is 12.1.